The molecular formula is C20H29ClN6O. The molecule has 1 saturated heterocycles. The van der Waals surface area contributed by atoms with Gasteiger partial charge in [0.2, 0.25) is 11.7 Å². The Kier molecular flexibility index (Phi) is 7.28. The molecule has 1 aromatic heterocycles. The van der Waals surface area contributed by atoms with Crippen LogP contribution in [0.2, 0.25) is 5.02 Å². The van der Waals surface area contributed by atoms with Gasteiger partial charge in [-0.1, -0.05) is 28.9 Å². The molecule has 3 rings (SSSR count). The van der Waals surface area contributed by atoms with Crippen molar-refractivity contribution >= 4 is 17.6 Å². The van der Waals surface area contributed by atoms with Crippen LogP contribution in [0.25, 0.3) is 11.4 Å². The molecule has 152 valence electrons. The van der Waals surface area contributed by atoms with Gasteiger partial charge in [-0.25, -0.2) is 4.99 Å². The van der Waals surface area contributed by atoms with Gasteiger partial charge < -0.3 is 20.1 Å². The van der Waals surface area contributed by atoms with E-state index in [2.05, 4.69) is 51.4 Å². The largest absolute Gasteiger partial charge is 0.357 e. The van der Waals surface area contributed by atoms with Gasteiger partial charge in [-0.05, 0) is 45.7 Å². The van der Waals surface area contributed by atoms with Crippen molar-refractivity contribution in [3.8, 4) is 11.4 Å². The highest BCUT2D eigenvalue weighted by Gasteiger charge is 2.21. The Balaban J connectivity index is 1.59. The fourth-order valence-corrected chi connectivity index (χ4v) is 3.47. The van der Waals surface area contributed by atoms with Crippen LogP contribution in [0, 0.1) is 0 Å². The number of likely N-dealkylation sites (tertiary alicyclic amines) is 1. The first-order valence-electron chi connectivity index (χ1n) is 9.92. The summed E-state index contributed by atoms with van der Waals surface area (Å²) in [6.45, 7) is 9.91. The third-order valence-corrected chi connectivity index (χ3v) is 5.10. The van der Waals surface area contributed by atoms with E-state index in [0.29, 0.717) is 35.4 Å². The molecular weight excluding hydrogens is 376 g/mol. The van der Waals surface area contributed by atoms with Crippen LogP contribution in [-0.2, 0) is 6.54 Å². The number of aromatic nitrogens is 2. The normalized spacial score (nSPS) is 16.5. The first-order chi connectivity index (χ1) is 13.5. The number of piperidine rings is 1. The fourth-order valence-electron chi connectivity index (χ4n) is 3.28. The lowest BCUT2D eigenvalue weighted by Gasteiger charge is -2.35. The second kappa shape index (κ2) is 9.89. The topological polar surface area (TPSA) is 78.6 Å². The molecule has 1 aliphatic heterocycles. The molecule has 1 aliphatic rings. The lowest BCUT2D eigenvalue weighted by atomic mass is 10.0. The summed E-state index contributed by atoms with van der Waals surface area (Å²) in [7, 11) is 0. The van der Waals surface area contributed by atoms with E-state index in [1.807, 2.05) is 24.3 Å². The van der Waals surface area contributed by atoms with Crippen molar-refractivity contribution in [1.29, 1.82) is 0 Å². The minimum absolute atomic E-state index is 0.327. The molecule has 0 radical (unpaired) electrons. The van der Waals surface area contributed by atoms with Gasteiger partial charge in [0.05, 0.1) is 0 Å². The number of hydrogen-bond donors (Lipinski definition) is 2. The monoisotopic (exact) mass is 404 g/mol. The Morgan fingerprint density at radius 1 is 1.36 bits per heavy atom. The third-order valence-electron chi connectivity index (χ3n) is 4.87. The number of halogens is 1. The van der Waals surface area contributed by atoms with Crippen molar-refractivity contribution in [3.63, 3.8) is 0 Å². The number of hydrogen-bond acceptors (Lipinski definition) is 5. The highest BCUT2D eigenvalue weighted by Crippen LogP contribution is 2.20. The van der Waals surface area contributed by atoms with Gasteiger partial charge >= 0.3 is 0 Å². The lowest BCUT2D eigenvalue weighted by Crippen LogP contribution is -2.49. The molecule has 2 N–H and O–H groups in total. The molecule has 0 amide bonds. The van der Waals surface area contributed by atoms with Gasteiger partial charge in [-0.3, -0.25) is 0 Å². The van der Waals surface area contributed by atoms with E-state index in [-0.39, 0.29) is 0 Å². The molecule has 0 bridgehead atoms. The van der Waals surface area contributed by atoms with E-state index >= 15 is 0 Å². The van der Waals surface area contributed by atoms with Gasteiger partial charge in [0, 0.05) is 42.3 Å². The van der Waals surface area contributed by atoms with E-state index in [1.54, 1.807) is 0 Å². The number of rotatable bonds is 6. The van der Waals surface area contributed by atoms with E-state index < -0.39 is 0 Å². The zero-order chi connectivity index (χ0) is 19.9. The minimum Gasteiger partial charge on any atom is -0.357 e. The van der Waals surface area contributed by atoms with Crippen LogP contribution in [0.4, 0.5) is 0 Å². The van der Waals surface area contributed by atoms with Crippen molar-refractivity contribution in [1.82, 2.24) is 25.7 Å². The summed E-state index contributed by atoms with van der Waals surface area (Å²) >= 11 is 6.03. The van der Waals surface area contributed by atoms with Crippen LogP contribution in [-0.4, -0.2) is 52.7 Å². The lowest BCUT2D eigenvalue weighted by molar-refractivity contribution is 0.167. The Bertz CT molecular complexity index is 783. The molecule has 0 atom stereocenters. The highest BCUT2D eigenvalue weighted by atomic mass is 35.5. The van der Waals surface area contributed by atoms with Gasteiger partial charge in [0.15, 0.2) is 5.96 Å². The summed E-state index contributed by atoms with van der Waals surface area (Å²) in [5.74, 6) is 1.78. The average Bonchev–Trinajstić information content (AvgIpc) is 3.16. The summed E-state index contributed by atoms with van der Waals surface area (Å²) in [5, 5.41) is 11.5. The second-order valence-electron chi connectivity index (χ2n) is 7.27. The summed E-state index contributed by atoms with van der Waals surface area (Å²) in [6.07, 6.45) is 2.23. The molecule has 0 spiro atoms. The zero-order valence-electron chi connectivity index (χ0n) is 16.8. The maximum atomic E-state index is 6.03. The maximum Gasteiger partial charge on any atom is 0.248 e. The Morgan fingerprint density at radius 2 is 2.14 bits per heavy atom. The van der Waals surface area contributed by atoms with Crippen molar-refractivity contribution in [2.24, 2.45) is 4.99 Å². The third kappa shape index (κ3) is 5.69. The van der Waals surface area contributed by atoms with Gasteiger partial charge in [0.25, 0.3) is 0 Å². The first-order valence-corrected chi connectivity index (χ1v) is 10.3. The molecule has 8 heteroatoms. The molecule has 28 heavy (non-hydrogen) atoms. The summed E-state index contributed by atoms with van der Waals surface area (Å²) in [6, 6.07) is 8.43. The van der Waals surface area contributed by atoms with E-state index in [0.717, 1.165) is 44.0 Å². The first kappa shape index (κ1) is 20.6. The van der Waals surface area contributed by atoms with E-state index in [4.69, 9.17) is 16.1 Å². The van der Waals surface area contributed by atoms with Crippen molar-refractivity contribution in [3.05, 3.63) is 35.2 Å². The van der Waals surface area contributed by atoms with Crippen LogP contribution in [0.3, 0.4) is 0 Å². The van der Waals surface area contributed by atoms with Crippen molar-refractivity contribution < 1.29 is 4.52 Å². The molecule has 2 heterocycles. The number of guanidine groups is 1. The van der Waals surface area contributed by atoms with E-state index in [1.165, 1.54) is 0 Å². The number of nitrogens with one attached hydrogen (secondary N) is 2. The Labute approximate surface area is 171 Å². The molecule has 2 aromatic rings. The minimum atomic E-state index is 0.327. The second-order valence-corrected chi connectivity index (χ2v) is 7.70. The standard InChI is InChI=1S/C20H29ClN6O/c1-4-22-20(24-17-8-10-27(11-9-17)14(2)3)23-13-18-25-19(26-28-18)15-6-5-7-16(21)12-15/h5-7,12,14,17H,4,8-11,13H2,1-3H3,(H2,22,23,24). The zero-order valence-corrected chi connectivity index (χ0v) is 17.5. The van der Waals surface area contributed by atoms with Gasteiger partial charge in [-0.2, -0.15) is 4.98 Å². The van der Waals surface area contributed by atoms with Crippen LogP contribution >= 0.6 is 11.6 Å². The molecule has 0 unspecified atom stereocenters. The van der Waals surface area contributed by atoms with Crippen LogP contribution in [0.15, 0.2) is 33.8 Å². The smallest absolute Gasteiger partial charge is 0.248 e. The summed E-state index contributed by atoms with van der Waals surface area (Å²) < 4.78 is 5.34. The quantitative estimate of drug-likeness (QED) is 0.568. The Hall–Kier alpha value is -2.12. The SMILES string of the molecule is CCNC(=NCc1nc(-c2cccc(Cl)c2)no1)NC1CCN(C(C)C)CC1. The predicted octanol–water partition coefficient (Wildman–Crippen LogP) is 3.32. The van der Waals surface area contributed by atoms with Crippen LogP contribution < -0.4 is 10.6 Å². The van der Waals surface area contributed by atoms with Crippen LogP contribution in [0.5, 0.6) is 0 Å². The average molecular weight is 405 g/mol. The number of nitrogens with zero attached hydrogens (tertiary/aromatic N) is 4. The maximum absolute atomic E-state index is 6.03. The van der Waals surface area contributed by atoms with Gasteiger partial charge in [-0.15, -0.1) is 0 Å². The van der Waals surface area contributed by atoms with E-state index in [9.17, 15) is 0 Å². The fraction of sp³-hybridized carbons (Fsp3) is 0.550. The molecule has 7 nitrogen and oxygen atoms in total. The molecule has 1 aromatic carbocycles. The Morgan fingerprint density at radius 3 is 2.82 bits per heavy atom. The summed E-state index contributed by atoms with van der Waals surface area (Å²) in [5.41, 5.74) is 0.827. The van der Waals surface area contributed by atoms with Crippen molar-refractivity contribution in [2.45, 2.75) is 52.2 Å². The van der Waals surface area contributed by atoms with Gasteiger partial charge in [0.1, 0.15) is 6.54 Å². The van der Waals surface area contributed by atoms with Crippen LogP contribution in [0.1, 0.15) is 39.5 Å². The molecule has 1 fully saturated rings. The predicted molar refractivity (Wildman–Crippen MR) is 112 cm³/mol. The number of aliphatic imine (C=N–C) groups is 1. The molecule has 0 aliphatic carbocycles. The number of benzene rings is 1. The summed E-state index contributed by atoms with van der Waals surface area (Å²) in [4.78, 5) is 11.6. The highest BCUT2D eigenvalue weighted by molar-refractivity contribution is 6.30. The molecule has 0 saturated carbocycles. The van der Waals surface area contributed by atoms with Crippen molar-refractivity contribution in [2.75, 3.05) is 19.6 Å².